The molecule has 3 N–H and O–H groups in total. The number of hydrogen-bond acceptors (Lipinski definition) is 6. The van der Waals surface area contributed by atoms with Crippen molar-refractivity contribution in [1.29, 1.82) is 0 Å². The third-order valence-electron chi connectivity index (χ3n) is 8.41. The van der Waals surface area contributed by atoms with E-state index in [1.54, 1.807) is 49.7 Å². The van der Waals surface area contributed by atoms with Gasteiger partial charge in [0.1, 0.15) is 18.3 Å². The van der Waals surface area contributed by atoms with Crippen LogP contribution in [0.15, 0.2) is 78.0 Å². The van der Waals surface area contributed by atoms with Crippen molar-refractivity contribution in [2.24, 2.45) is 18.9 Å². The molecule has 2 atom stereocenters. The number of imidazole rings is 1. The Labute approximate surface area is 243 Å². The lowest BCUT2D eigenvalue weighted by molar-refractivity contribution is -0.151. The fourth-order valence-electron chi connectivity index (χ4n) is 5.62. The molecular formula is C31H34N6O5. The van der Waals surface area contributed by atoms with Crippen molar-refractivity contribution in [2.45, 2.75) is 50.7 Å². The van der Waals surface area contributed by atoms with E-state index in [1.807, 2.05) is 6.07 Å². The van der Waals surface area contributed by atoms with Gasteiger partial charge in [-0.15, -0.1) is 0 Å². The zero-order valence-corrected chi connectivity index (χ0v) is 23.6. The Bertz CT molecular complexity index is 1580. The number of ketones is 1. The molecule has 0 unspecified atom stereocenters. The highest BCUT2D eigenvalue weighted by molar-refractivity contribution is 6.04. The largest absolute Gasteiger partial charge is 0.349 e. The van der Waals surface area contributed by atoms with Crippen LogP contribution in [-0.2, 0) is 23.2 Å². The van der Waals surface area contributed by atoms with Gasteiger partial charge in [0.05, 0.1) is 0 Å². The molecule has 0 aliphatic heterocycles. The van der Waals surface area contributed by atoms with E-state index in [0.29, 0.717) is 23.8 Å². The first-order valence-electron chi connectivity index (χ1n) is 14.0. The Morgan fingerprint density at radius 2 is 1.86 bits per heavy atom. The molecule has 1 aromatic carbocycles. The molecule has 3 aliphatic carbocycles. The van der Waals surface area contributed by atoms with Crippen LogP contribution in [0.25, 0.3) is 0 Å². The minimum absolute atomic E-state index is 0.0137. The second kappa shape index (κ2) is 12.0. The van der Waals surface area contributed by atoms with Gasteiger partial charge in [-0.1, -0.05) is 43.3 Å². The van der Waals surface area contributed by atoms with Gasteiger partial charge in [0.15, 0.2) is 11.6 Å². The molecule has 3 aromatic rings. The number of amides is 3. The molecular weight excluding hydrogens is 536 g/mol. The van der Waals surface area contributed by atoms with Crippen molar-refractivity contribution in [3.05, 3.63) is 94.9 Å². The second-order valence-electron chi connectivity index (χ2n) is 11.1. The van der Waals surface area contributed by atoms with Crippen molar-refractivity contribution in [3.63, 3.8) is 0 Å². The number of benzene rings is 1. The minimum Gasteiger partial charge on any atom is -0.349 e. The number of carbonyl (C=O) groups is 4. The van der Waals surface area contributed by atoms with E-state index < -0.39 is 23.4 Å². The lowest BCUT2D eigenvalue weighted by Gasteiger charge is -2.67. The highest BCUT2D eigenvalue weighted by atomic mass is 16.2. The first-order valence-corrected chi connectivity index (χ1v) is 14.0. The van der Waals surface area contributed by atoms with Crippen LogP contribution in [0.1, 0.15) is 53.6 Å². The van der Waals surface area contributed by atoms with Crippen molar-refractivity contribution in [3.8, 4) is 0 Å². The van der Waals surface area contributed by atoms with E-state index >= 15 is 0 Å². The summed E-state index contributed by atoms with van der Waals surface area (Å²) in [5, 5.41) is 8.38. The molecule has 2 heterocycles. The second-order valence-corrected chi connectivity index (χ2v) is 11.1. The fourth-order valence-corrected chi connectivity index (χ4v) is 5.62. The molecule has 11 nitrogen and oxygen atoms in total. The number of rotatable bonds is 12. The minimum atomic E-state index is -1.03. The topological polar surface area (TPSA) is 144 Å². The maximum absolute atomic E-state index is 13.3. The standard InChI is InChI=1S/C31H34N6O5/c1-20-22-17-31(20,18-22)35-26(39)19-37-15-8-12-24(30(37)42)34-28(40)23(33-29(41)27-32-14-16-36(27)2)11-6-7-13-25(38)21-9-4-3-5-10-21/h3-5,7-10,12-16,20,22-23H,6,11,17-19H2,1-2H3,(H,33,41)(H,34,40)(H,35,39)/b13-7+/t20-,22?,23-,31?/m0/s1. The maximum atomic E-state index is 13.3. The molecule has 0 radical (unpaired) electrons. The maximum Gasteiger partial charge on any atom is 0.287 e. The predicted molar refractivity (Wildman–Crippen MR) is 156 cm³/mol. The summed E-state index contributed by atoms with van der Waals surface area (Å²) in [6.07, 6.45) is 10.1. The number of carbonyl (C=O) groups excluding carboxylic acids is 4. The van der Waals surface area contributed by atoms with Crippen molar-refractivity contribution in [1.82, 2.24) is 24.8 Å². The quantitative estimate of drug-likeness (QED) is 0.225. The average molecular weight is 571 g/mol. The van der Waals surface area contributed by atoms with Gasteiger partial charge in [-0.2, -0.15) is 0 Å². The van der Waals surface area contributed by atoms with Crippen molar-refractivity contribution >= 4 is 29.2 Å². The van der Waals surface area contributed by atoms with Crippen LogP contribution in [0, 0.1) is 11.8 Å². The van der Waals surface area contributed by atoms with E-state index in [-0.39, 0.29) is 41.7 Å². The Balaban J connectivity index is 1.25. The third-order valence-corrected chi connectivity index (χ3v) is 8.41. The summed E-state index contributed by atoms with van der Waals surface area (Å²) >= 11 is 0. The van der Waals surface area contributed by atoms with Crippen LogP contribution in [0.4, 0.5) is 5.69 Å². The van der Waals surface area contributed by atoms with Gasteiger partial charge in [-0.25, -0.2) is 4.98 Å². The third kappa shape index (κ3) is 5.95. The molecule has 3 fully saturated rings. The van der Waals surface area contributed by atoms with Gasteiger partial charge in [-0.05, 0) is 55.7 Å². The number of aromatic nitrogens is 3. The van der Waals surface area contributed by atoms with E-state index in [2.05, 4.69) is 27.9 Å². The number of anilines is 1. The van der Waals surface area contributed by atoms with E-state index in [1.165, 1.54) is 33.7 Å². The van der Waals surface area contributed by atoms with Gasteiger partial charge in [0.25, 0.3) is 11.5 Å². The molecule has 0 spiro atoms. The molecule has 3 amide bonds. The Morgan fingerprint density at radius 1 is 1.10 bits per heavy atom. The summed E-state index contributed by atoms with van der Waals surface area (Å²) in [5.41, 5.74) is -0.149. The smallest absolute Gasteiger partial charge is 0.287 e. The number of allylic oxidation sites excluding steroid dienone is 2. The summed E-state index contributed by atoms with van der Waals surface area (Å²) in [6, 6.07) is 10.8. The predicted octanol–water partition coefficient (Wildman–Crippen LogP) is 2.45. The molecule has 2 aromatic heterocycles. The lowest BCUT2D eigenvalue weighted by Crippen LogP contribution is -2.74. The average Bonchev–Trinajstić information content (AvgIpc) is 3.40. The number of nitrogens with one attached hydrogen (secondary N) is 3. The lowest BCUT2D eigenvalue weighted by atomic mass is 9.43. The molecule has 3 saturated carbocycles. The Hall–Kier alpha value is -4.80. The highest BCUT2D eigenvalue weighted by Crippen LogP contribution is 2.61. The fraction of sp³-hybridized carbons (Fsp3) is 0.355. The van der Waals surface area contributed by atoms with E-state index in [4.69, 9.17) is 0 Å². The summed E-state index contributed by atoms with van der Waals surface area (Å²) in [6.45, 7) is 1.96. The Morgan fingerprint density at radius 3 is 2.50 bits per heavy atom. The van der Waals surface area contributed by atoms with Crippen LogP contribution < -0.4 is 21.5 Å². The van der Waals surface area contributed by atoms with Crippen molar-refractivity contribution in [2.75, 3.05) is 5.32 Å². The molecule has 218 valence electrons. The monoisotopic (exact) mass is 570 g/mol. The van der Waals surface area contributed by atoms with Gasteiger partial charge < -0.3 is 25.1 Å². The molecule has 3 aliphatic rings. The van der Waals surface area contributed by atoms with Gasteiger partial charge in [0.2, 0.25) is 11.8 Å². The number of nitrogens with zero attached hydrogens (tertiary/aromatic N) is 3. The highest BCUT2D eigenvalue weighted by Gasteiger charge is 2.63. The van der Waals surface area contributed by atoms with Gasteiger partial charge >= 0.3 is 0 Å². The van der Waals surface area contributed by atoms with E-state index in [9.17, 15) is 24.0 Å². The number of hydrogen-bond donors (Lipinski definition) is 3. The molecule has 2 bridgehead atoms. The van der Waals surface area contributed by atoms with Gasteiger partial charge in [0, 0.05) is 36.7 Å². The summed E-state index contributed by atoms with van der Waals surface area (Å²) in [4.78, 5) is 68.4. The van der Waals surface area contributed by atoms with Crippen LogP contribution in [0.2, 0.25) is 0 Å². The van der Waals surface area contributed by atoms with Crippen LogP contribution >= 0.6 is 0 Å². The van der Waals surface area contributed by atoms with Gasteiger partial charge in [-0.3, -0.25) is 24.0 Å². The van der Waals surface area contributed by atoms with E-state index in [0.717, 1.165) is 12.8 Å². The first-order chi connectivity index (χ1) is 20.2. The van der Waals surface area contributed by atoms with Crippen molar-refractivity contribution < 1.29 is 19.2 Å². The normalized spacial score (nSPS) is 21.1. The summed E-state index contributed by atoms with van der Waals surface area (Å²) in [7, 11) is 1.66. The molecule has 0 saturated heterocycles. The first kappa shape index (κ1) is 28.7. The summed E-state index contributed by atoms with van der Waals surface area (Å²) < 4.78 is 2.78. The zero-order chi connectivity index (χ0) is 29.9. The number of aryl methyl sites for hydroxylation is 1. The summed E-state index contributed by atoms with van der Waals surface area (Å²) in [5.74, 6) is -0.341. The molecule has 11 heteroatoms. The molecule has 42 heavy (non-hydrogen) atoms. The Kier molecular flexibility index (Phi) is 8.19. The van der Waals surface area contributed by atoms with Crippen LogP contribution in [0.3, 0.4) is 0 Å². The zero-order valence-electron chi connectivity index (χ0n) is 23.6. The SMILES string of the molecule is C[C@H]1C2CC1(NC(=O)Cn1cccc(NC(=O)[C@H](CC/C=C/C(=O)c3ccccc3)NC(=O)c3nccn3C)c1=O)C2. The van der Waals surface area contributed by atoms with Crippen LogP contribution in [-0.4, -0.2) is 49.2 Å². The number of pyridine rings is 1. The van der Waals surface area contributed by atoms with Crippen LogP contribution in [0.5, 0.6) is 0 Å². The molecule has 6 rings (SSSR count).